The van der Waals surface area contributed by atoms with Gasteiger partial charge in [-0.05, 0) is 32.0 Å². The first-order chi connectivity index (χ1) is 6.85. The van der Waals surface area contributed by atoms with Crippen molar-refractivity contribution in [2.24, 2.45) is 0 Å². The van der Waals surface area contributed by atoms with Gasteiger partial charge in [0.05, 0.1) is 16.2 Å². The standard InChI is InChI=1S/C10H13FO3S/c1-7(12)8(2)15(13,14)10-5-3-4-9(11)6-10/h3-8,12H,1-2H3. The third kappa shape index (κ3) is 2.54. The molecule has 1 rings (SSSR count). The maximum absolute atomic E-state index is 12.8. The van der Waals surface area contributed by atoms with Crippen LogP contribution in [0.2, 0.25) is 0 Å². The molecule has 0 radical (unpaired) electrons. The van der Waals surface area contributed by atoms with Crippen LogP contribution in [-0.4, -0.2) is 24.9 Å². The van der Waals surface area contributed by atoms with Crippen LogP contribution in [0.15, 0.2) is 29.2 Å². The topological polar surface area (TPSA) is 54.4 Å². The summed E-state index contributed by atoms with van der Waals surface area (Å²) in [5.74, 6) is -0.603. The summed E-state index contributed by atoms with van der Waals surface area (Å²) in [6.07, 6.45) is -0.988. The van der Waals surface area contributed by atoms with E-state index in [4.69, 9.17) is 0 Å². The van der Waals surface area contributed by atoms with Crippen molar-refractivity contribution in [3.63, 3.8) is 0 Å². The molecule has 2 unspecified atom stereocenters. The van der Waals surface area contributed by atoms with Gasteiger partial charge in [-0.25, -0.2) is 12.8 Å². The van der Waals surface area contributed by atoms with Crippen LogP contribution in [0.1, 0.15) is 13.8 Å². The molecule has 0 saturated carbocycles. The minimum atomic E-state index is -3.65. The number of hydrogen-bond donors (Lipinski definition) is 1. The Balaban J connectivity index is 3.17. The first kappa shape index (κ1) is 12.1. The van der Waals surface area contributed by atoms with Gasteiger partial charge in [-0.1, -0.05) is 6.07 Å². The third-order valence-corrected chi connectivity index (χ3v) is 4.58. The highest BCUT2D eigenvalue weighted by molar-refractivity contribution is 7.92. The Labute approximate surface area is 88.5 Å². The van der Waals surface area contributed by atoms with Gasteiger partial charge in [-0.3, -0.25) is 0 Å². The summed E-state index contributed by atoms with van der Waals surface area (Å²) in [4.78, 5) is -0.101. The lowest BCUT2D eigenvalue weighted by atomic mass is 10.3. The second-order valence-corrected chi connectivity index (χ2v) is 5.75. The maximum atomic E-state index is 12.8. The van der Waals surface area contributed by atoms with Gasteiger partial charge in [0, 0.05) is 0 Å². The van der Waals surface area contributed by atoms with E-state index in [0.29, 0.717) is 0 Å². The monoisotopic (exact) mass is 232 g/mol. The van der Waals surface area contributed by atoms with E-state index in [9.17, 15) is 17.9 Å². The third-order valence-electron chi connectivity index (χ3n) is 2.29. The van der Waals surface area contributed by atoms with Gasteiger partial charge < -0.3 is 5.11 Å². The molecule has 0 amide bonds. The summed E-state index contributed by atoms with van der Waals surface area (Å²) in [5.41, 5.74) is 0. The van der Waals surface area contributed by atoms with Crippen molar-refractivity contribution in [1.29, 1.82) is 0 Å². The van der Waals surface area contributed by atoms with E-state index < -0.39 is 27.0 Å². The molecular formula is C10H13FO3S. The fraction of sp³-hybridized carbons (Fsp3) is 0.400. The molecule has 3 nitrogen and oxygen atoms in total. The number of rotatable bonds is 3. The van der Waals surface area contributed by atoms with Crippen molar-refractivity contribution in [3.8, 4) is 0 Å². The van der Waals surface area contributed by atoms with E-state index in [-0.39, 0.29) is 4.90 Å². The van der Waals surface area contributed by atoms with Gasteiger partial charge in [0.15, 0.2) is 9.84 Å². The molecule has 0 aliphatic rings. The zero-order chi connectivity index (χ0) is 11.6. The smallest absolute Gasteiger partial charge is 0.183 e. The van der Waals surface area contributed by atoms with Crippen LogP contribution in [0.3, 0.4) is 0 Å². The average molecular weight is 232 g/mol. The first-order valence-electron chi connectivity index (χ1n) is 4.53. The Bertz CT molecular complexity index is 440. The number of hydrogen-bond acceptors (Lipinski definition) is 3. The van der Waals surface area contributed by atoms with Gasteiger partial charge in [-0.2, -0.15) is 0 Å². The van der Waals surface area contributed by atoms with E-state index >= 15 is 0 Å². The summed E-state index contributed by atoms with van der Waals surface area (Å²) in [5, 5.41) is 8.27. The van der Waals surface area contributed by atoms with Crippen LogP contribution in [0.5, 0.6) is 0 Å². The van der Waals surface area contributed by atoms with Gasteiger partial charge >= 0.3 is 0 Å². The maximum Gasteiger partial charge on any atom is 0.183 e. The van der Waals surface area contributed by atoms with E-state index in [1.54, 1.807) is 0 Å². The van der Waals surface area contributed by atoms with Gasteiger partial charge in [-0.15, -0.1) is 0 Å². The molecule has 0 aliphatic heterocycles. The predicted molar refractivity (Wildman–Crippen MR) is 54.7 cm³/mol. The van der Waals surface area contributed by atoms with Crippen LogP contribution < -0.4 is 0 Å². The zero-order valence-electron chi connectivity index (χ0n) is 8.51. The highest BCUT2D eigenvalue weighted by atomic mass is 32.2. The van der Waals surface area contributed by atoms with Crippen molar-refractivity contribution in [2.45, 2.75) is 30.1 Å². The Morgan fingerprint density at radius 1 is 1.33 bits per heavy atom. The van der Waals surface area contributed by atoms with Crippen molar-refractivity contribution < 1.29 is 17.9 Å². The van der Waals surface area contributed by atoms with Crippen molar-refractivity contribution >= 4 is 9.84 Å². The van der Waals surface area contributed by atoms with Crippen LogP contribution in [-0.2, 0) is 9.84 Å². The predicted octanol–water partition coefficient (Wildman–Crippen LogP) is 1.37. The Hall–Kier alpha value is -0.940. The zero-order valence-corrected chi connectivity index (χ0v) is 9.33. The molecule has 15 heavy (non-hydrogen) atoms. The van der Waals surface area contributed by atoms with Gasteiger partial charge in [0.2, 0.25) is 0 Å². The molecule has 84 valence electrons. The fourth-order valence-corrected chi connectivity index (χ4v) is 2.61. The Kier molecular flexibility index (Phi) is 3.46. The van der Waals surface area contributed by atoms with Crippen LogP contribution in [0.4, 0.5) is 4.39 Å². The molecule has 0 saturated heterocycles. The number of benzene rings is 1. The molecule has 5 heteroatoms. The molecule has 1 aromatic rings. The van der Waals surface area contributed by atoms with Gasteiger partial charge in [0.25, 0.3) is 0 Å². The highest BCUT2D eigenvalue weighted by Gasteiger charge is 2.27. The van der Waals surface area contributed by atoms with E-state index in [1.165, 1.54) is 32.0 Å². The minimum absolute atomic E-state index is 0.101. The van der Waals surface area contributed by atoms with Crippen LogP contribution in [0.25, 0.3) is 0 Å². The largest absolute Gasteiger partial charge is 0.392 e. The van der Waals surface area contributed by atoms with E-state index in [0.717, 1.165) is 6.07 Å². The lowest BCUT2D eigenvalue weighted by Crippen LogP contribution is -2.29. The number of sulfone groups is 1. The lowest BCUT2D eigenvalue weighted by Gasteiger charge is -2.15. The first-order valence-corrected chi connectivity index (χ1v) is 6.08. The van der Waals surface area contributed by atoms with Crippen molar-refractivity contribution in [3.05, 3.63) is 30.1 Å². The van der Waals surface area contributed by atoms with Crippen molar-refractivity contribution in [1.82, 2.24) is 0 Å². The minimum Gasteiger partial charge on any atom is -0.392 e. The van der Waals surface area contributed by atoms with Crippen LogP contribution in [0, 0.1) is 5.82 Å². The summed E-state index contributed by atoms with van der Waals surface area (Å²) >= 11 is 0. The van der Waals surface area contributed by atoms with Crippen molar-refractivity contribution in [2.75, 3.05) is 0 Å². The molecule has 0 fully saturated rings. The molecule has 0 bridgehead atoms. The molecule has 2 atom stereocenters. The molecule has 0 heterocycles. The molecule has 0 aliphatic carbocycles. The second-order valence-electron chi connectivity index (χ2n) is 3.45. The highest BCUT2D eigenvalue weighted by Crippen LogP contribution is 2.18. The van der Waals surface area contributed by atoms with E-state index in [1.807, 2.05) is 0 Å². The molecule has 1 N–H and O–H groups in total. The van der Waals surface area contributed by atoms with Gasteiger partial charge in [0.1, 0.15) is 5.82 Å². The number of aliphatic hydroxyl groups is 1. The number of aliphatic hydroxyl groups excluding tert-OH is 1. The normalized spacial score (nSPS) is 16.0. The molecule has 0 spiro atoms. The molecule has 1 aromatic carbocycles. The van der Waals surface area contributed by atoms with E-state index in [2.05, 4.69) is 0 Å². The van der Waals surface area contributed by atoms with Crippen LogP contribution >= 0.6 is 0 Å². The average Bonchev–Trinajstić information content (AvgIpc) is 2.16. The second kappa shape index (κ2) is 4.28. The fourth-order valence-electron chi connectivity index (χ4n) is 1.12. The lowest BCUT2D eigenvalue weighted by molar-refractivity contribution is 0.193. The summed E-state index contributed by atoms with van der Waals surface area (Å²) in [7, 11) is -3.65. The Morgan fingerprint density at radius 2 is 1.93 bits per heavy atom. The molecular weight excluding hydrogens is 219 g/mol. The number of halogens is 1. The molecule has 0 aromatic heterocycles. The summed E-state index contributed by atoms with van der Waals surface area (Å²) in [6.45, 7) is 2.78. The SMILES string of the molecule is CC(O)C(C)S(=O)(=O)c1cccc(F)c1. The summed E-state index contributed by atoms with van der Waals surface area (Å²) in [6, 6.07) is 4.77. The Morgan fingerprint density at radius 3 is 2.40 bits per heavy atom. The quantitative estimate of drug-likeness (QED) is 0.856. The summed E-state index contributed by atoms with van der Waals surface area (Å²) < 4.78 is 36.4.